The van der Waals surface area contributed by atoms with Crippen molar-refractivity contribution in [2.24, 2.45) is 5.41 Å². The van der Waals surface area contributed by atoms with E-state index in [0.29, 0.717) is 5.95 Å². The van der Waals surface area contributed by atoms with Gasteiger partial charge in [0.1, 0.15) is 0 Å². The van der Waals surface area contributed by atoms with Crippen LogP contribution in [0.2, 0.25) is 0 Å². The van der Waals surface area contributed by atoms with Crippen LogP contribution in [0.25, 0.3) is 5.57 Å². The van der Waals surface area contributed by atoms with E-state index in [2.05, 4.69) is 37.7 Å². The van der Waals surface area contributed by atoms with E-state index in [0.717, 1.165) is 17.8 Å². The van der Waals surface area contributed by atoms with Gasteiger partial charge < -0.3 is 5.73 Å². The second-order valence-electron chi connectivity index (χ2n) is 5.31. The first-order valence-corrected chi connectivity index (χ1v) is 5.64. The number of hydrogen-bond acceptors (Lipinski definition) is 3. The lowest BCUT2D eigenvalue weighted by molar-refractivity contribution is 0.435. The van der Waals surface area contributed by atoms with E-state index < -0.39 is 0 Å². The minimum absolute atomic E-state index is 0.196. The summed E-state index contributed by atoms with van der Waals surface area (Å²) in [6.07, 6.45) is 0.998. The molecule has 0 radical (unpaired) electrons. The van der Waals surface area contributed by atoms with Gasteiger partial charge in [-0.3, -0.25) is 0 Å². The van der Waals surface area contributed by atoms with Crippen molar-refractivity contribution < 1.29 is 0 Å². The maximum absolute atomic E-state index is 5.71. The fraction of sp³-hybridized carbons (Fsp3) is 0.538. The van der Waals surface area contributed by atoms with Crippen molar-refractivity contribution in [1.82, 2.24) is 9.97 Å². The Bertz CT molecular complexity index is 484. The van der Waals surface area contributed by atoms with Crippen molar-refractivity contribution in [2.75, 3.05) is 5.73 Å². The Labute approximate surface area is 96.8 Å². The Kier molecular flexibility index (Phi) is 2.30. The van der Waals surface area contributed by atoms with E-state index in [1.807, 2.05) is 6.92 Å². The molecule has 1 heterocycles. The van der Waals surface area contributed by atoms with E-state index in [9.17, 15) is 0 Å². The first-order chi connectivity index (χ1) is 7.33. The molecule has 86 valence electrons. The van der Waals surface area contributed by atoms with Gasteiger partial charge in [0.05, 0.1) is 5.69 Å². The van der Waals surface area contributed by atoms with Crippen molar-refractivity contribution in [3.63, 3.8) is 0 Å². The fourth-order valence-corrected chi connectivity index (χ4v) is 2.40. The summed E-state index contributed by atoms with van der Waals surface area (Å²) in [6.45, 7) is 10.9. The lowest BCUT2D eigenvalue weighted by Crippen LogP contribution is -2.25. The average molecular weight is 217 g/mol. The zero-order valence-electron chi connectivity index (χ0n) is 10.7. The average Bonchev–Trinajstić information content (AvgIpc) is 2.17. The molecule has 0 atom stereocenters. The largest absolute Gasteiger partial charge is 0.368 e. The van der Waals surface area contributed by atoms with Crippen LogP contribution in [0.4, 0.5) is 5.95 Å². The Morgan fingerprint density at radius 1 is 1.12 bits per heavy atom. The van der Waals surface area contributed by atoms with Crippen molar-refractivity contribution in [3.8, 4) is 0 Å². The van der Waals surface area contributed by atoms with Crippen LogP contribution in [-0.4, -0.2) is 9.97 Å². The molecule has 0 saturated carbocycles. The highest BCUT2D eigenvalue weighted by atomic mass is 15.0. The van der Waals surface area contributed by atoms with Gasteiger partial charge in [0.25, 0.3) is 0 Å². The number of nitrogens with zero attached hydrogens (tertiary/aromatic N) is 2. The van der Waals surface area contributed by atoms with Gasteiger partial charge in [-0.25, -0.2) is 9.97 Å². The van der Waals surface area contributed by atoms with Crippen molar-refractivity contribution in [2.45, 2.75) is 41.0 Å². The summed E-state index contributed by atoms with van der Waals surface area (Å²) < 4.78 is 0. The quantitative estimate of drug-likeness (QED) is 0.727. The lowest BCUT2D eigenvalue weighted by Gasteiger charge is -2.34. The molecule has 2 N–H and O–H groups in total. The van der Waals surface area contributed by atoms with Gasteiger partial charge in [-0.1, -0.05) is 19.4 Å². The molecular formula is C13H19N3. The predicted octanol–water partition coefficient (Wildman–Crippen LogP) is 2.74. The number of rotatable bonds is 0. The molecule has 3 nitrogen and oxygen atoms in total. The normalized spacial score (nSPS) is 18.6. The second-order valence-corrected chi connectivity index (χ2v) is 5.31. The number of aromatic nitrogens is 2. The zero-order chi connectivity index (χ0) is 12.1. The Morgan fingerprint density at radius 3 is 2.38 bits per heavy atom. The highest BCUT2D eigenvalue weighted by Crippen LogP contribution is 2.42. The van der Waals surface area contributed by atoms with Gasteiger partial charge in [-0.2, -0.15) is 0 Å². The molecule has 1 aliphatic rings. The standard InChI is InChI=1S/C13H19N3/c1-7-8(2)13(4,5)6-10-9(3)15-12(14)16-11(7)10/h6H2,1-5H3,(H2,14,15,16). The minimum Gasteiger partial charge on any atom is -0.368 e. The summed E-state index contributed by atoms with van der Waals surface area (Å²) in [5.41, 5.74) is 11.9. The van der Waals surface area contributed by atoms with Gasteiger partial charge in [0.2, 0.25) is 5.95 Å². The molecule has 1 aromatic heterocycles. The monoisotopic (exact) mass is 217 g/mol. The van der Waals surface area contributed by atoms with Gasteiger partial charge in [0.15, 0.2) is 0 Å². The van der Waals surface area contributed by atoms with E-state index in [1.165, 1.54) is 16.7 Å². The first-order valence-electron chi connectivity index (χ1n) is 5.64. The van der Waals surface area contributed by atoms with Crippen LogP contribution < -0.4 is 5.73 Å². The molecule has 1 aromatic rings. The molecule has 0 amide bonds. The molecule has 0 spiro atoms. The predicted molar refractivity (Wildman–Crippen MR) is 66.9 cm³/mol. The van der Waals surface area contributed by atoms with E-state index in [4.69, 9.17) is 5.73 Å². The lowest BCUT2D eigenvalue weighted by atomic mass is 9.72. The molecule has 0 aromatic carbocycles. The highest BCUT2D eigenvalue weighted by Gasteiger charge is 2.31. The number of aryl methyl sites for hydroxylation is 1. The van der Waals surface area contributed by atoms with E-state index >= 15 is 0 Å². The van der Waals surface area contributed by atoms with Gasteiger partial charge in [-0.05, 0) is 38.2 Å². The van der Waals surface area contributed by atoms with Crippen LogP contribution >= 0.6 is 0 Å². The van der Waals surface area contributed by atoms with Crippen molar-refractivity contribution in [1.29, 1.82) is 0 Å². The van der Waals surface area contributed by atoms with Gasteiger partial charge in [0, 0.05) is 11.3 Å². The molecular weight excluding hydrogens is 198 g/mol. The third kappa shape index (κ3) is 1.51. The number of nitrogen functional groups attached to an aromatic ring is 1. The molecule has 0 saturated heterocycles. The van der Waals surface area contributed by atoms with Crippen molar-refractivity contribution in [3.05, 3.63) is 22.5 Å². The van der Waals surface area contributed by atoms with E-state index in [-0.39, 0.29) is 5.41 Å². The number of hydrogen-bond donors (Lipinski definition) is 1. The van der Waals surface area contributed by atoms with Crippen LogP contribution in [0.3, 0.4) is 0 Å². The SMILES string of the molecule is CC1=C(C)C(C)(C)Cc2c(C)nc(N)nc21. The summed E-state index contributed by atoms with van der Waals surface area (Å²) in [4.78, 5) is 8.64. The van der Waals surface area contributed by atoms with Crippen LogP contribution in [0, 0.1) is 12.3 Å². The summed E-state index contributed by atoms with van der Waals surface area (Å²) in [7, 11) is 0. The second kappa shape index (κ2) is 3.30. The summed E-state index contributed by atoms with van der Waals surface area (Å²) in [6, 6.07) is 0. The molecule has 16 heavy (non-hydrogen) atoms. The van der Waals surface area contributed by atoms with Crippen molar-refractivity contribution >= 4 is 11.5 Å². The summed E-state index contributed by atoms with van der Waals surface area (Å²) >= 11 is 0. The van der Waals surface area contributed by atoms with Gasteiger partial charge >= 0.3 is 0 Å². The third-order valence-corrected chi connectivity index (χ3v) is 3.78. The molecule has 2 rings (SSSR count). The number of allylic oxidation sites excluding steroid dienone is 2. The molecule has 0 aliphatic heterocycles. The molecule has 3 heteroatoms. The maximum Gasteiger partial charge on any atom is 0.220 e. The topological polar surface area (TPSA) is 51.8 Å². The number of nitrogens with two attached hydrogens (primary N) is 1. The molecule has 1 aliphatic carbocycles. The highest BCUT2D eigenvalue weighted by molar-refractivity contribution is 5.71. The summed E-state index contributed by atoms with van der Waals surface area (Å²) in [5, 5.41) is 0. The Balaban J connectivity index is 2.73. The van der Waals surface area contributed by atoms with E-state index in [1.54, 1.807) is 0 Å². The number of fused-ring (bicyclic) bond motifs is 1. The first kappa shape index (κ1) is 11.1. The Morgan fingerprint density at radius 2 is 1.75 bits per heavy atom. The smallest absolute Gasteiger partial charge is 0.220 e. The molecule has 0 bridgehead atoms. The number of anilines is 1. The van der Waals surface area contributed by atoms with Gasteiger partial charge in [-0.15, -0.1) is 0 Å². The van der Waals surface area contributed by atoms with Crippen LogP contribution in [-0.2, 0) is 6.42 Å². The summed E-state index contributed by atoms with van der Waals surface area (Å²) in [5.74, 6) is 0.378. The maximum atomic E-state index is 5.71. The van der Waals surface area contributed by atoms with Crippen LogP contribution in [0.1, 0.15) is 44.6 Å². The minimum atomic E-state index is 0.196. The van der Waals surface area contributed by atoms with Crippen LogP contribution in [0.15, 0.2) is 5.57 Å². The Hall–Kier alpha value is -1.38. The van der Waals surface area contributed by atoms with Crippen LogP contribution in [0.5, 0.6) is 0 Å². The molecule has 0 unspecified atom stereocenters. The fourth-order valence-electron chi connectivity index (χ4n) is 2.40. The third-order valence-electron chi connectivity index (χ3n) is 3.78. The zero-order valence-corrected chi connectivity index (χ0v) is 10.7. The molecule has 0 fully saturated rings.